The predicted molar refractivity (Wildman–Crippen MR) is 70.6 cm³/mol. The molecular weight excluding hydrogens is 212 g/mol. The van der Waals surface area contributed by atoms with Crippen LogP contribution in [0.25, 0.3) is 0 Å². The number of carbonyl (C=O) groups is 1. The lowest BCUT2D eigenvalue weighted by Crippen LogP contribution is -2.48. The molecule has 3 nitrogen and oxygen atoms in total. The Hall–Kier alpha value is -1.35. The molecule has 0 radical (unpaired) electrons. The van der Waals surface area contributed by atoms with Crippen molar-refractivity contribution in [3.05, 3.63) is 35.4 Å². The van der Waals surface area contributed by atoms with E-state index in [1.54, 1.807) is 13.8 Å². The highest BCUT2D eigenvalue weighted by Gasteiger charge is 2.20. The van der Waals surface area contributed by atoms with Crippen LogP contribution in [0.2, 0.25) is 0 Å². The van der Waals surface area contributed by atoms with E-state index in [4.69, 9.17) is 5.73 Å². The second-order valence-electron chi connectivity index (χ2n) is 5.30. The molecule has 1 aromatic rings. The molecule has 1 rings (SSSR count). The molecule has 0 bridgehead atoms. The molecule has 94 valence electrons. The first-order chi connectivity index (χ1) is 7.80. The van der Waals surface area contributed by atoms with E-state index in [1.807, 2.05) is 12.1 Å². The average Bonchev–Trinajstić information content (AvgIpc) is 2.25. The normalized spacial score (nSPS) is 11.6. The summed E-state index contributed by atoms with van der Waals surface area (Å²) in [5.74, 6) is 0.395. The molecule has 0 aromatic heterocycles. The zero-order valence-electron chi connectivity index (χ0n) is 11.1. The highest BCUT2D eigenvalue weighted by molar-refractivity contribution is 5.84. The maximum Gasteiger partial charge on any atom is 0.239 e. The van der Waals surface area contributed by atoms with E-state index in [1.165, 1.54) is 5.56 Å². The molecule has 0 aliphatic heterocycles. The van der Waals surface area contributed by atoms with Crippen LogP contribution in [-0.4, -0.2) is 11.4 Å². The van der Waals surface area contributed by atoms with Gasteiger partial charge in [0.15, 0.2) is 0 Å². The summed E-state index contributed by atoms with van der Waals surface area (Å²) in [5, 5.41) is 2.82. The minimum Gasteiger partial charge on any atom is -0.350 e. The molecule has 0 saturated heterocycles. The number of nitrogens with one attached hydrogen (secondary N) is 1. The van der Waals surface area contributed by atoms with E-state index in [2.05, 4.69) is 31.3 Å². The van der Waals surface area contributed by atoms with Crippen LogP contribution in [0, 0.1) is 0 Å². The van der Waals surface area contributed by atoms with Crippen molar-refractivity contribution in [2.24, 2.45) is 5.73 Å². The van der Waals surface area contributed by atoms with Crippen LogP contribution in [0.15, 0.2) is 24.3 Å². The van der Waals surface area contributed by atoms with Crippen molar-refractivity contribution in [2.45, 2.75) is 45.7 Å². The van der Waals surface area contributed by atoms with E-state index in [0.29, 0.717) is 12.5 Å². The van der Waals surface area contributed by atoms with Crippen molar-refractivity contribution < 1.29 is 4.79 Å². The summed E-state index contributed by atoms with van der Waals surface area (Å²) in [7, 11) is 0. The van der Waals surface area contributed by atoms with Gasteiger partial charge in [-0.2, -0.15) is 0 Å². The van der Waals surface area contributed by atoms with E-state index < -0.39 is 5.54 Å². The SMILES string of the molecule is CC(C)c1ccc(CNC(=O)C(C)(C)N)cc1. The summed E-state index contributed by atoms with van der Waals surface area (Å²) in [6.07, 6.45) is 0. The van der Waals surface area contributed by atoms with Crippen LogP contribution in [-0.2, 0) is 11.3 Å². The minimum absolute atomic E-state index is 0.134. The van der Waals surface area contributed by atoms with Gasteiger partial charge in [0.2, 0.25) is 5.91 Å². The monoisotopic (exact) mass is 234 g/mol. The lowest BCUT2D eigenvalue weighted by Gasteiger charge is -2.17. The summed E-state index contributed by atoms with van der Waals surface area (Å²) < 4.78 is 0. The summed E-state index contributed by atoms with van der Waals surface area (Å²) in [6, 6.07) is 8.28. The number of benzene rings is 1. The molecule has 1 amide bonds. The first kappa shape index (κ1) is 13.7. The smallest absolute Gasteiger partial charge is 0.239 e. The highest BCUT2D eigenvalue weighted by atomic mass is 16.2. The van der Waals surface area contributed by atoms with Crippen molar-refractivity contribution >= 4 is 5.91 Å². The van der Waals surface area contributed by atoms with Crippen LogP contribution in [0.3, 0.4) is 0 Å². The van der Waals surface area contributed by atoms with Gasteiger partial charge < -0.3 is 11.1 Å². The topological polar surface area (TPSA) is 55.1 Å². The number of carbonyl (C=O) groups excluding carboxylic acids is 1. The van der Waals surface area contributed by atoms with Crippen LogP contribution in [0.1, 0.15) is 44.7 Å². The summed E-state index contributed by atoms with van der Waals surface area (Å²) >= 11 is 0. The van der Waals surface area contributed by atoms with Gasteiger partial charge in [-0.15, -0.1) is 0 Å². The Bertz CT molecular complexity index is 374. The Kier molecular flexibility index (Phi) is 4.29. The zero-order valence-corrected chi connectivity index (χ0v) is 11.1. The molecule has 0 fully saturated rings. The molecule has 1 aromatic carbocycles. The largest absolute Gasteiger partial charge is 0.350 e. The van der Waals surface area contributed by atoms with Gasteiger partial charge in [-0.1, -0.05) is 38.1 Å². The van der Waals surface area contributed by atoms with Crippen molar-refractivity contribution in [3.8, 4) is 0 Å². The van der Waals surface area contributed by atoms with Gasteiger partial charge in [-0.3, -0.25) is 4.79 Å². The Morgan fingerprint density at radius 2 is 1.82 bits per heavy atom. The quantitative estimate of drug-likeness (QED) is 0.838. The number of nitrogens with two attached hydrogens (primary N) is 1. The summed E-state index contributed by atoms with van der Waals surface area (Å²) in [5.41, 5.74) is 7.27. The Labute approximate surface area is 103 Å². The van der Waals surface area contributed by atoms with Gasteiger partial charge >= 0.3 is 0 Å². The van der Waals surface area contributed by atoms with Crippen molar-refractivity contribution in [1.29, 1.82) is 0 Å². The first-order valence-electron chi connectivity index (χ1n) is 5.96. The number of hydrogen-bond donors (Lipinski definition) is 2. The molecule has 0 spiro atoms. The van der Waals surface area contributed by atoms with Crippen LogP contribution in [0.5, 0.6) is 0 Å². The third kappa shape index (κ3) is 4.19. The lowest BCUT2D eigenvalue weighted by atomic mass is 10.0. The van der Waals surface area contributed by atoms with Gasteiger partial charge in [0.05, 0.1) is 5.54 Å². The number of amides is 1. The van der Waals surface area contributed by atoms with Crippen LogP contribution in [0.4, 0.5) is 0 Å². The van der Waals surface area contributed by atoms with Crippen molar-refractivity contribution in [2.75, 3.05) is 0 Å². The molecular formula is C14H22N2O. The molecule has 0 saturated carbocycles. The number of rotatable bonds is 4. The third-order valence-corrected chi connectivity index (χ3v) is 2.68. The fourth-order valence-electron chi connectivity index (χ4n) is 1.43. The Morgan fingerprint density at radius 1 is 1.29 bits per heavy atom. The van der Waals surface area contributed by atoms with E-state index in [0.717, 1.165) is 5.56 Å². The molecule has 0 unspecified atom stereocenters. The second-order valence-corrected chi connectivity index (χ2v) is 5.30. The van der Waals surface area contributed by atoms with Crippen LogP contribution >= 0.6 is 0 Å². The van der Waals surface area contributed by atoms with Crippen molar-refractivity contribution in [1.82, 2.24) is 5.32 Å². The fourth-order valence-corrected chi connectivity index (χ4v) is 1.43. The maximum atomic E-state index is 11.6. The molecule has 0 atom stereocenters. The lowest BCUT2D eigenvalue weighted by molar-refractivity contribution is -0.125. The van der Waals surface area contributed by atoms with Gasteiger partial charge in [0, 0.05) is 6.54 Å². The minimum atomic E-state index is -0.822. The second kappa shape index (κ2) is 5.32. The standard InChI is InChI=1S/C14H22N2O/c1-10(2)12-7-5-11(6-8-12)9-16-13(17)14(3,4)15/h5-8,10H,9,15H2,1-4H3,(H,16,17). The summed E-state index contributed by atoms with van der Waals surface area (Å²) in [6.45, 7) is 8.24. The Balaban J connectivity index is 2.56. The predicted octanol–water partition coefficient (Wildman–Crippen LogP) is 2.16. The fraction of sp³-hybridized carbons (Fsp3) is 0.500. The summed E-state index contributed by atoms with van der Waals surface area (Å²) in [4.78, 5) is 11.6. The van der Waals surface area contributed by atoms with Crippen LogP contribution < -0.4 is 11.1 Å². The van der Waals surface area contributed by atoms with E-state index >= 15 is 0 Å². The van der Waals surface area contributed by atoms with E-state index in [-0.39, 0.29) is 5.91 Å². The third-order valence-electron chi connectivity index (χ3n) is 2.68. The Morgan fingerprint density at radius 3 is 2.24 bits per heavy atom. The molecule has 17 heavy (non-hydrogen) atoms. The highest BCUT2D eigenvalue weighted by Crippen LogP contribution is 2.14. The zero-order chi connectivity index (χ0) is 13.1. The van der Waals surface area contributed by atoms with Gasteiger partial charge in [0.25, 0.3) is 0 Å². The molecule has 3 N–H and O–H groups in total. The molecule has 0 aliphatic carbocycles. The van der Waals surface area contributed by atoms with Gasteiger partial charge in [-0.25, -0.2) is 0 Å². The average molecular weight is 234 g/mol. The molecule has 0 heterocycles. The van der Waals surface area contributed by atoms with E-state index in [9.17, 15) is 4.79 Å². The van der Waals surface area contributed by atoms with Gasteiger partial charge in [-0.05, 0) is 30.9 Å². The maximum absolute atomic E-state index is 11.6. The number of hydrogen-bond acceptors (Lipinski definition) is 2. The molecule has 0 aliphatic rings. The van der Waals surface area contributed by atoms with Crippen molar-refractivity contribution in [3.63, 3.8) is 0 Å². The molecule has 3 heteroatoms. The van der Waals surface area contributed by atoms with Gasteiger partial charge in [0.1, 0.15) is 0 Å². The first-order valence-corrected chi connectivity index (χ1v) is 5.96.